The van der Waals surface area contributed by atoms with Crippen molar-refractivity contribution in [3.05, 3.63) is 0 Å². The van der Waals surface area contributed by atoms with Crippen LogP contribution in [0.3, 0.4) is 0 Å². The van der Waals surface area contributed by atoms with Gasteiger partial charge in [0.1, 0.15) is 0 Å². The molecular weight excluding hydrogens is 264 g/mol. The van der Waals surface area contributed by atoms with Crippen molar-refractivity contribution in [1.82, 2.24) is 10.6 Å². The van der Waals surface area contributed by atoms with Crippen molar-refractivity contribution in [1.29, 1.82) is 0 Å². The van der Waals surface area contributed by atoms with Gasteiger partial charge in [-0.1, -0.05) is 26.7 Å². The molecule has 0 spiro atoms. The minimum atomic E-state index is 0.161. The van der Waals surface area contributed by atoms with E-state index in [9.17, 15) is 4.79 Å². The Balaban J connectivity index is 1.58. The second-order valence-corrected chi connectivity index (χ2v) is 7.25. The van der Waals surface area contributed by atoms with E-state index in [1.165, 1.54) is 19.3 Å². The molecule has 1 saturated heterocycles. The number of carbonyl (C=O) groups is 1. The Hall–Kier alpha value is -0.610. The van der Waals surface area contributed by atoms with Crippen LogP contribution < -0.4 is 10.6 Å². The summed E-state index contributed by atoms with van der Waals surface area (Å²) in [6, 6.07) is 0. The Bertz CT molecular complexity index is 325. The fraction of sp³-hybridized carbons (Fsp3) is 0.941. The van der Waals surface area contributed by atoms with Gasteiger partial charge in [-0.2, -0.15) is 0 Å². The van der Waals surface area contributed by atoms with Crippen LogP contribution in [0.2, 0.25) is 0 Å². The second-order valence-electron chi connectivity index (χ2n) is 7.25. The smallest absolute Gasteiger partial charge is 0.223 e. The van der Waals surface area contributed by atoms with E-state index in [0.717, 1.165) is 51.9 Å². The predicted molar refractivity (Wildman–Crippen MR) is 85.2 cm³/mol. The summed E-state index contributed by atoms with van der Waals surface area (Å²) in [6.45, 7) is 8.11. The molecule has 4 heteroatoms. The van der Waals surface area contributed by atoms with E-state index < -0.39 is 0 Å². The van der Waals surface area contributed by atoms with Gasteiger partial charge in [-0.15, -0.1) is 0 Å². The first-order chi connectivity index (χ1) is 10.1. The van der Waals surface area contributed by atoms with Crippen molar-refractivity contribution >= 4 is 5.91 Å². The lowest BCUT2D eigenvalue weighted by atomic mass is 9.68. The molecule has 2 aliphatic rings. The molecule has 2 N–H and O–H groups in total. The number of ether oxygens (including phenoxy) is 1. The summed E-state index contributed by atoms with van der Waals surface area (Å²) in [4.78, 5) is 12.3. The van der Waals surface area contributed by atoms with Gasteiger partial charge in [0.15, 0.2) is 0 Å². The highest BCUT2D eigenvalue weighted by molar-refractivity contribution is 5.79. The van der Waals surface area contributed by atoms with Crippen LogP contribution in [-0.2, 0) is 9.53 Å². The third-order valence-electron chi connectivity index (χ3n) is 5.08. The van der Waals surface area contributed by atoms with E-state index in [4.69, 9.17) is 4.74 Å². The standard InChI is InChI=1S/C17H32N2O2/c1-17(2)9-4-3-6-15(17)16(20)19-10-5-13-21-14-7-11-18-12-8-14/h14-15,18H,3-13H2,1-2H3,(H,19,20). The third kappa shape index (κ3) is 5.26. The maximum atomic E-state index is 12.3. The largest absolute Gasteiger partial charge is 0.378 e. The van der Waals surface area contributed by atoms with E-state index in [-0.39, 0.29) is 17.2 Å². The summed E-state index contributed by atoms with van der Waals surface area (Å²) < 4.78 is 5.86. The summed E-state index contributed by atoms with van der Waals surface area (Å²) in [5, 5.41) is 6.45. The van der Waals surface area contributed by atoms with E-state index in [2.05, 4.69) is 24.5 Å². The van der Waals surface area contributed by atoms with Crippen molar-refractivity contribution in [2.24, 2.45) is 11.3 Å². The van der Waals surface area contributed by atoms with Crippen molar-refractivity contribution in [2.45, 2.75) is 64.9 Å². The van der Waals surface area contributed by atoms with Crippen molar-refractivity contribution < 1.29 is 9.53 Å². The molecule has 0 aromatic heterocycles. The van der Waals surface area contributed by atoms with Crippen LogP contribution in [0.5, 0.6) is 0 Å². The lowest BCUT2D eigenvalue weighted by molar-refractivity contribution is -0.130. The molecule has 0 aromatic rings. The summed E-state index contributed by atoms with van der Waals surface area (Å²) in [7, 11) is 0. The fourth-order valence-corrected chi connectivity index (χ4v) is 3.60. The lowest BCUT2D eigenvalue weighted by Crippen LogP contribution is -2.41. The molecule has 21 heavy (non-hydrogen) atoms. The molecule has 1 saturated carbocycles. The quantitative estimate of drug-likeness (QED) is 0.740. The maximum absolute atomic E-state index is 12.3. The first-order valence-electron chi connectivity index (χ1n) is 8.69. The van der Waals surface area contributed by atoms with Gasteiger partial charge in [0.05, 0.1) is 6.10 Å². The normalized spacial score (nSPS) is 26.5. The summed E-state index contributed by atoms with van der Waals surface area (Å²) in [6.07, 6.45) is 8.24. The first kappa shape index (κ1) is 16.8. The topological polar surface area (TPSA) is 50.4 Å². The minimum Gasteiger partial charge on any atom is -0.378 e. The average molecular weight is 296 g/mol. The number of piperidine rings is 1. The molecule has 4 nitrogen and oxygen atoms in total. The number of nitrogens with one attached hydrogen (secondary N) is 2. The Morgan fingerprint density at radius 3 is 2.71 bits per heavy atom. The van der Waals surface area contributed by atoms with E-state index in [1.807, 2.05) is 0 Å². The summed E-state index contributed by atoms with van der Waals surface area (Å²) >= 11 is 0. The van der Waals surface area contributed by atoms with Crippen molar-refractivity contribution in [2.75, 3.05) is 26.2 Å². The number of carbonyl (C=O) groups excluding carboxylic acids is 1. The SMILES string of the molecule is CC1(C)CCCCC1C(=O)NCCCOC1CCNCC1. The second kappa shape index (κ2) is 8.14. The Morgan fingerprint density at radius 2 is 2.00 bits per heavy atom. The molecule has 1 heterocycles. The van der Waals surface area contributed by atoms with Gasteiger partial charge < -0.3 is 15.4 Å². The Kier molecular flexibility index (Phi) is 6.49. The van der Waals surface area contributed by atoms with Crippen molar-refractivity contribution in [3.8, 4) is 0 Å². The molecule has 1 aliphatic carbocycles. The molecule has 2 fully saturated rings. The zero-order chi connectivity index (χ0) is 15.1. The zero-order valence-electron chi connectivity index (χ0n) is 13.7. The zero-order valence-corrected chi connectivity index (χ0v) is 13.7. The van der Waals surface area contributed by atoms with Gasteiger partial charge in [0.25, 0.3) is 0 Å². The summed E-state index contributed by atoms with van der Waals surface area (Å²) in [5.74, 6) is 0.443. The molecule has 2 rings (SSSR count). The van der Waals surface area contributed by atoms with Gasteiger partial charge in [0.2, 0.25) is 5.91 Å². The molecule has 0 radical (unpaired) electrons. The molecule has 1 aliphatic heterocycles. The fourth-order valence-electron chi connectivity index (χ4n) is 3.60. The average Bonchev–Trinajstić information content (AvgIpc) is 2.47. The lowest BCUT2D eigenvalue weighted by Gasteiger charge is -2.37. The minimum absolute atomic E-state index is 0.161. The predicted octanol–water partition coefficient (Wildman–Crippen LogP) is 2.48. The van der Waals surface area contributed by atoms with E-state index in [1.54, 1.807) is 0 Å². The molecular formula is C17H32N2O2. The highest BCUT2D eigenvalue weighted by atomic mass is 16.5. The van der Waals surface area contributed by atoms with Gasteiger partial charge in [-0.3, -0.25) is 4.79 Å². The maximum Gasteiger partial charge on any atom is 0.223 e. The molecule has 0 bridgehead atoms. The van der Waals surface area contributed by atoms with Crippen LogP contribution in [0.25, 0.3) is 0 Å². The number of hydrogen-bond donors (Lipinski definition) is 2. The van der Waals surface area contributed by atoms with Gasteiger partial charge in [-0.05, 0) is 50.6 Å². The van der Waals surface area contributed by atoms with Gasteiger partial charge >= 0.3 is 0 Å². The molecule has 1 unspecified atom stereocenters. The molecule has 1 atom stereocenters. The van der Waals surface area contributed by atoms with Gasteiger partial charge in [0, 0.05) is 19.1 Å². The number of rotatable bonds is 6. The third-order valence-corrected chi connectivity index (χ3v) is 5.08. The van der Waals surface area contributed by atoms with Crippen LogP contribution in [0.1, 0.15) is 58.8 Å². The highest BCUT2D eigenvalue weighted by Crippen LogP contribution is 2.40. The van der Waals surface area contributed by atoms with E-state index in [0.29, 0.717) is 6.10 Å². The monoisotopic (exact) mass is 296 g/mol. The molecule has 1 amide bonds. The highest BCUT2D eigenvalue weighted by Gasteiger charge is 2.36. The van der Waals surface area contributed by atoms with Crippen LogP contribution in [0, 0.1) is 11.3 Å². The first-order valence-corrected chi connectivity index (χ1v) is 8.69. The Labute approximate surface area is 129 Å². The van der Waals surface area contributed by atoms with Crippen LogP contribution in [0.4, 0.5) is 0 Å². The summed E-state index contributed by atoms with van der Waals surface area (Å²) in [5.41, 5.74) is 0.161. The van der Waals surface area contributed by atoms with Crippen molar-refractivity contribution in [3.63, 3.8) is 0 Å². The Morgan fingerprint density at radius 1 is 1.24 bits per heavy atom. The van der Waals surface area contributed by atoms with Crippen LogP contribution in [-0.4, -0.2) is 38.3 Å². The van der Waals surface area contributed by atoms with Crippen LogP contribution in [0.15, 0.2) is 0 Å². The number of hydrogen-bond acceptors (Lipinski definition) is 3. The molecule has 122 valence electrons. The van der Waals surface area contributed by atoms with Gasteiger partial charge in [-0.25, -0.2) is 0 Å². The number of amides is 1. The molecule has 0 aromatic carbocycles. The van der Waals surface area contributed by atoms with E-state index >= 15 is 0 Å². The van der Waals surface area contributed by atoms with Crippen LogP contribution >= 0.6 is 0 Å².